The van der Waals surface area contributed by atoms with Crippen molar-refractivity contribution in [2.45, 2.75) is 75.5 Å². The summed E-state index contributed by atoms with van der Waals surface area (Å²) < 4.78 is 5.36. The van der Waals surface area contributed by atoms with Gasteiger partial charge in [-0.05, 0) is 103 Å². The number of aromatic nitrogens is 4. The molecule has 2 saturated heterocycles. The van der Waals surface area contributed by atoms with Crippen molar-refractivity contribution in [3.8, 4) is 34.3 Å². The topological polar surface area (TPSA) is 118 Å². The molecule has 322 valence electrons. The minimum absolute atomic E-state index is 0.0300. The maximum Gasteiger partial charge on any atom is 0.321 e. The van der Waals surface area contributed by atoms with Gasteiger partial charge in [-0.2, -0.15) is 0 Å². The van der Waals surface area contributed by atoms with Gasteiger partial charge in [0.1, 0.15) is 23.0 Å². The van der Waals surface area contributed by atoms with Crippen LogP contribution in [0.5, 0.6) is 5.75 Å². The quantitative estimate of drug-likeness (QED) is 0.171. The van der Waals surface area contributed by atoms with E-state index in [0.29, 0.717) is 32.5 Å². The number of nitrogens with zero attached hydrogens (tertiary/aromatic N) is 7. The van der Waals surface area contributed by atoms with Gasteiger partial charge in [0, 0.05) is 72.6 Å². The SMILES string of the molecule is CCc1ncc2c(n1)-c1ccccc1C1(CCN(C(=O)Nc3ccc(C#[N+]CCc4ncc5c(n4)-c4ccccc4C4(CCN(C(=O)Cc6cccc(OC)c6)CC4)C5)cc3)CC1)C2. The number of urea groups is 1. The Kier molecular flexibility index (Phi) is 11.1. The lowest BCUT2D eigenvalue weighted by Crippen LogP contribution is -2.48. The van der Waals surface area contributed by atoms with E-state index in [1.807, 2.05) is 70.7 Å². The Labute approximate surface area is 374 Å². The van der Waals surface area contributed by atoms with E-state index in [2.05, 4.69) is 76.7 Å². The van der Waals surface area contributed by atoms with Gasteiger partial charge in [-0.1, -0.05) is 72.4 Å². The van der Waals surface area contributed by atoms with Gasteiger partial charge in [-0.3, -0.25) is 4.79 Å². The van der Waals surface area contributed by atoms with Crippen LogP contribution in [0.15, 0.2) is 109 Å². The highest BCUT2D eigenvalue weighted by Gasteiger charge is 2.44. The number of carbonyl (C=O) groups is 2. The molecule has 2 fully saturated rings. The Hall–Kier alpha value is -6.93. The highest BCUT2D eigenvalue weighted by Crippen LogP contribution is 2.49. The lowest BCUT2D eigenvalue weighted by Gasteiger charge is -2.45. The van der Waals surface area contributed by atoms with Crippen molar-refractivity contribution in [3.63, 3.8) is 0 Å². The third kappa shape index (κ3) is 7.98. The molecule has 11 heteroatoms. The van der Waals surface area contributed by atoms with Crippen LogP contribution in [0.1, 0.15) is 77.6 Å². The van der Waals surface area contributed by atoms with Crippen LogP contribution < -0.4 is 10.1 Å². The van der Waals surface area contributed by atoms with Crippen molar-refractivity contribution < 1.29 is 14.3 Å². The number of fused-ring (bicyclic) bond motifs is 8. The molecule has 11 nitrogen and oxygen atoms in total. The van der Waals surface area contributed by atoms with Crippen LogP contribution in [-0.2, 0) is 47.7 Å². The highest BCUT2D eigenvalue weighted by atomic mass is 16.5. The average molecular weight is 850 g/mol. The molecule has 0 radical (unpaired) electrons. The first-order chi connectivity index (χ1) is 31.3. The van der Waals surface area contributed by atoms with Gasteiger partial charge < -0.3 is 19.9 Å². The summed E-state index contributed by atoms with van der Waals surface area (Å²) in [7, 11) is 1.65. The fraction of sp³-hybridized carbons (Fsp3) is 0.340. The first kappa shape index (κ1) is 41.1. The van der Waals surface area contributed by atoms with E-state index >= 15 is 0 Å². The van der Waals surface area contributed by atoms with Crippen LogP contribution >= 0.6 is 0 Å². The number of piperidine rings is 2. The zero-order chi connectivity index (χ0) is 43.7. The summed E-state index contributed by atoms with van der Waals surface area (Å²) in [6.45, 7) is 5.39. The van der Waals surface area contributed by atoms with Crippen LogP contribution in [0, 0.1) is 6.07 Å². The maximum absolute atomic E-state index is 13.5. The van der Waals surface area contributed by atoms with E-state index in [1.54, 1.807) is 7.11 Å². The Bertz CT molecular complexity index is 2800. The molecule has 10 rings (SSSR count). The summed E-state index contributed by atoms with van der Waals surface area (Å²) in [6, 6.07) is 35.8. The summed E-state index contributed by atoms with van der Waals surface area (Å²) in [5, 5.41) is 3.11. The number of nitrogens with one attached hydrogen (secondary N) is 1. The molecule has 0 bridgehead atoms. The first-order valence-corrected chi connectivity index (χ1v) is 22.7. The van der Waals surface area contributed by atoms with Gasteiger partial charge in [-0.25, -0.2) is 24.7 Å². The van der Waals surface area contributed by atoms with E-state index in [1.165, 1.54) is 22.3 Å². The number of benzene rings is 4. The molecule has 2 spiro atoms. The molecule has 64 heavy (non-hydrogen) atoms. The molecule has 0 unspecified atom stereocenters. The van der Waals surface area contributed by atoms with E-state index in [-0.39, 0.29) is 22.8 Å². The molecule has 4 heterocycles. The smallest absolute Gasteiger partial charge is 0.321 e. The molecular formula is C53H53N8O3+. The van der Waals surface area contributed by atoms with Crippen molar-refractivity contribution in [1.29, 1.82) is 0 Å². The predicted molar refractivity (Wildman–Crippen MR) is 249 cm³/mol. The largest absolute Gasteiger partial charge is 0.497 e. The number of anilines is 1. The number of hydrogen-bond donors (Lipinski definition) is 1. The number of amides is 3. The second-order valence-electron chi connectivity index (χ2n) is 17.8. The molecule has 0 saturated carbocycles. The molecule has 2 aromatic heterocycles. The number of ether oxygens (including phenoxy) is 1. The van der Waals surface area contributed by atoms with Gasteiger partial charge in [0.05, 0.1) is 31.3 Å². The lowest BCUT2D eigenvalue weighted by atomic mass is 9.64. The number of likely N-dealkylation sites (tertiary alicyclic amines) is 2. The number of carbonyl (C=O) groups excluding carboxylic acids is 2. The predicted octanol–water partition coefficient (Wildman–Crippen LogP) is 8.88. The van der Waals surface area contributed by atoms with Crippen molar-refractivity contribution in [2.75, 3.05) is 45.2 Å². The van der Waals surface area contributed by atoms with Crippen molar-refractivity contribution in [2.24, 2.45) is 0 Å². The molecular weight excluding hydrogens is 797 g/mol. The molecule has 3 amide bonds. The van der Waals surface area contributed by atoms with Crippen LogP contribution in [0.3, 0.4) is 0 Å². The van der Waals surface area contributed by atoms with Gasteiger partial charge >= 0.3 is 12.1 Å². The van der Waals surface area contributed by atoms with Gasteiger partial charge in [0.25, 0.3) is 6.54 Å². The lowest BCUT2D eigenvalue weighted by molar-refractivity contribution is -0.132. The third-order valence-corrected chi connectivity index (χ3v) is 14.1. The average Bonchev–Trinajstić information content (AvgIpc) is 3.34. The first-order valence-electron chi connectivity index (χ1n) is 22.7. The molecule has 2 aliphatic carbocycles. The van der Waals surface area contributed by atoms with Crippen molar-refractivity contribution in [1.82, 2.24) is 29.7 Å². The van der Waals surface area contributed by atoms with Crippen molar-refractivity contribution in [3.05, 3.63) is 159 Å². The molecule has 0 atom stereocenters. The number of methoxy groups -OCH3 is 1. The summed E-state index contributed by atoms with van der Waals surface area (Å²) in [4.78, 5) is 54.8. The standard InChI is InChI=1S/C53H52N8O3/c1-3-46-55-34-38-31-53(44-13-6-4-11-42(44)49(38)58-46)22-27-61(28-23-53)51(63)57-40-17-15-36(16-18-40)33-54-24-19-47-56-35-39-32-52(45-14-7-5-12-43(45)50(39)59-47)20-25-60(26-21-52)48(62)30-37-9-8-10-41(29-37)64-2/h4-18,29,34-35H,3,19-28,30-32H2,1-2H3/p+1. The Morgan fingerprint density at radius 1 is 0.734 bits per heavy atom. The van der Waals surface area contributed by atoms with Gasteiger partial charge in [0.15, 0.2) is 0 Å². The number of rotatable bonds is 7. The fourth-order valence-electron chi connectivity index (χ4n) is 10.5. The molecule has 2 aliphatic heterocycles. The van der Waals surface area contributed by atoms with Gasteiger partial charge in [0.2, 0.25) is 5.91 Å². The Morgan fingerprint density at radius 2 is 1.33 bits per heavy atom. The van der Waals surface area contributed by atoms with Crippen LogP contribution in [0.4, 0.5) is 10.5 Å². The van der Waals surface area contributed by atoms with Crippen LogP contribution in [-0.4, -0.2) is 81.5 Å². The van der Waals surface area contributed by atoms with E-state index in [0.717, 1.165) is 115 Å². The molecule has 6 aromatic rings. The maximum atomic E-state index is 13.5. The Morgan fingerprint density at radius 3 is 1.95 bits per heavy atom. The molecule has 1 N–H and O–H groups in total. The zero-order valence-electron chi connectivity index (χ0n) is 36.6. The van der Waals surface area contributed by atoms with E-state index < -0.39 is 0 Å². The monoisotopic (exact) mass is 849 g/mol. The zero-order valence-corrected chi connectivity index (χ0v) is 36.6. The third-order valence-electron chi connectivity index (χ3n) is 14.1. The summed E-state index contributed by atoms with van der Waals surface area (Å²) in [5.74, 6) is 2.55. The van der Waals surface area contributed by atoms with E-state index in [4.69, 9.17) is 19.7 Å². The minimum Gasteiger partial charge on any atom is -0.497 e. The summed E-state index contributed by atoms with van der Waals surface area (Å²) in [5.41, 5.74) is 11.9. The highest BCUT2D eigenvalue weighted by molar-refractivity contribution is 5.89. The number of hydrogen-bond acceptors (Lipinski definition) is 7. The van der Waals surface area contributed by atoms with Gasteiger partial charge in [-0.15, -0.1) is 0 Å². The Balaban J connectivity index is 0.725. The fourth-order valence-corrected chi connectivity index (χ4v) is 10.5. The second kappa shape index (κ2) is 17.3. The summed E-state index contributed by atoms with van der Waals surface area (Å²) >= 11 is 0. The van der Waals surface area contributed by atoms with Crippen LogP contribution in [0.25, 0.3) is 27.4 Å². The minimum atomic E-state index is -0.0816. The molecule has 4 aromatic carbocycles. The number of aryl methyl sites for hydroxylation is 1. The summed E-state index contributed by atoms with van der Waals surface area (Å²) in [6.07, 6.45) is 11.1. The van der Waals surface area contributed by atoms with E-state index in [9.17, 15) is 9.59 Å². The molecule has 4 aliphatic rings. The van der Waals surface area contributed by atoms with Crippen LogP contribution in [0.2, 0.25) is 0 Å². The second-order valence-corrected chi connectivity index (χ2v) is 17.8. The normalized spacial score (nSPS) is 16.4. The van der Waals surface area contributed by atoms with Crippen molar-refractivity contribution >= 4 is 17.6 Å².